The van der Waals surface area contributed by atoms with Crippen LogP contribution in [0.15, 0.2) is 42.5 Å². The number of nitrogens with one attached hydrogen (secondary N) is 1. The quantitative estimate of drug-likeness (QED) is 0.886. The minimum absolute atomic E-state index is 0.0244. The monoisotopic (exact) mass is 265 g/mol. The summed E-state index contributed by atoms with van der Waals surface area (Å²) in [6.07, 6.45) is 0. The second-order valence-electron chi connectivity index (χ2n) is 3.93. The van der Waals surface area contributed by atoms with Gasteiger partial charge in [-0.1, -0.05) is 41.9 Å². The van der Waals surface area contributed by atoms with Crippen molar-refractivity contribution in [3.8, 4) is 0 Å². The number of rotatable bonds is 4. The van der Waals surface area contributed by atoms with Gasteiger partial charge in [0.2, 0.25) is 0 Å². The van der Waals surface area contributed by atoms with Crippen LogP contribution >= 0.6 is 11.6 Å². The zero-order chi connectivity index (χ0) is 13.0. The molecule has 2 nitrogen and oxygen atoms in total. The molecule has 0 radical (unpaired) electrons. The Hall–Kier alpha value is -1.58. The molecule has 0 fully saturated rings. The molecule has 2 rings (SSSR count). The van der Waals surface area contributed by atoms with Crippen LogP contribution in [-0.2, 0) is 13.2 Å². The van der Waals surface area contributed by atoms with Gasteiger partial charge >= 0.3 is 0 Å². The Kier molecular flexibility index (Phi) is 4.18. The summed E-state index contributed by atoms with van der Waals surface area (Å²) in [7, 11) is 0. The zero-order valence-corrected chi connectivity index (χ0v) is 10.4. The molecule has 0 aliphatic rings. The fourth-order valence-electron chi connectivity index (χ4n) is 1.60. The largest absolute Gasteiger partial charge is 0.392 e. The molecule has 0 bridgehead atoms. The van der Waals surface area contributed by atoms with Gasteiger partial charge in [-0.3, -0.25) is 0 Å². The number of hydrogen-bond acceptors (Lipinski definition) is 2. The molecule has 18 heavy (non-hydrogen) atoms. The second kappa shape index (κ2) is 5.85. The molecule has 0 aliphatic heterocycles. The Morgan fingerprint density at radius 3 is 2.39 bits per heavy atom. The smallest absolute Gasteiger partial charge is 0.164 e. The summed E-state index contributed by atoms with van der Waals surface area (Å²) in [6.45, 7) is 0.527. The van der Waals surface area contributed by atoms with Crippen LogP contribution in [-0.4, -0.2) is 5.11 Å². The lowest BCUT2D eigenvalue weighted by Gasteiger charge is -2.08. The van der Waals surface area contributed by atoms with Crippen molar-refractivity contribution in [2.75, 3.05) is 5.32 Å². The van der Waals surface area contributed by atoms with E-state index in [2.05, 4.69) is 5.32 Å². The second-order valence-corrected chi connectivity index (χ2v) is 4.34. The van der Waals surface area contributed by atoms with Gasteiger partial charge in [-0.2, -0.15) is 0 Å². The number of anilines is 1. The van der Waals surface area contributed by atoms with Crippen molar-refractivity contribution in [2.24, 2.45) is 0 Å². The first-order valence-electron chi connectivity index (χ1n) is 5.57. The van der Waals surface area contributed by atoms with Crippen molar-refractivity contribution in [3.05, 3.63) is 64.4 Å². The van der Waals surface area contributed by atoms with E-state index in [9.17, 15) is 4.39 Å². The van der Waals surface area contributed by atoms with Crippen molar-refractivity contribution in [1.29, 1.82) is 0 Å². The van der Waals surface area contributed by atoms with Gasteiger partial charge in [0.05, 0.1) is 17.3 Å². The van der Waals surface area contributed by atoms with Gasteiger partial charge in [-0.25, -0.2) is 4.39 Å². The van der Waals surface area contributed by atoms with E-state index in [0.717, 1.165) is 11.1 Å². The summed E-state index contributed by atoms with van der Waals surface area (Å²) in [5.74, 6) is -0.439. The van der Waals surface area contributed by atoms with Crippen LogP contribution in [0.2, 0.25) is 5.02 Å². The van der Waals surface area contributed by atoms with Gasteiger partial charge in [0.15, 0.2) is 5.82 Å². The SMILES string of the molecule is OCc1ccc(CNc2cccc(Cl)c2F)cc1. The standard InChI is InChI=1S/C14H13ClFNO/c15-12-2-1-3-13(14(12)16)17-8-10-4-6-11(9-18)7-5-10/h1-7,17-18H,8-9H2. The van der Waals surface area contributed by atoms with Gasteiger partial charge in [-0.05, 0) is 23.3 Å². The highest BCUT2D eigenvalue weighted by molar-refractivity contribution is 6.31. The number of aliphatic hydroxyl groups is 1. The third-order valence-electron chi connectivity index (χ3n) is 2.64. The molecule has 94 valence electrons. The summed E-state index contributed by atoms with van der Waals surface area (Å²) >= 11 is 5.69. The highest BCUT2D eigenvalue weighted by Crippen LogP contribution is 2.22. The lowest BCUT2D eigenvalue weighted by atomic mass is 10.1. The highest BCUT2D eigenvalue weighted by atomic mass is 35.5. The minimum Gasteiger partial charge on any atom is -0.392 e. The first-order valence-corrected chi connectivity index (χ1v) is 5.95. The maximum absolute atomic E-state index is 13.6. The Morgan fingerprint density at radius 2 is 1.72 bits per heavy atom. The average Bonchev–Trinajstić information content (AvgIpc) is 2.41. The van der Waals surface area contributed by atoms with Crippen LogP contribution in [0, 0.1) is 5.82 Å². The number of aliphatic hydroxyl groups excluding tert-OH is 1. The Balaban J connectivity index is 2.04. The van der Waals surface area contributed by atoms with Crippen LogP contribution in [0.25, 0.3) is 0 Å². The molecule has 0 heterocycles. The van der Waals surface area contributed by atoms with Crippen molar-refractivity contribution in [2.45, 2.75) is 13.2 Å². The molecule has 0 saturated carbocycles. The van der Waals surface area contributed by atoms with Crippen LogP contribution in [0.5, 0.6) is 0 Å². The van der Waals surface area contributed by atoms with Crippen LogP contribution in [0.3, 0.4) is 0 Å². The van der Waals surface area contributed by atoms with Gasteiger partial charge in [0.25, 0.3) is 0 Å². The Bertz CT molecular complexity index is 528. The molecule has 2 aromatic rings. The molecule has 0 atom stereocenters. The summed E-state index contributed by atoms with van der Waals surface area (Å²) in [5, 5.41) is 12.0. The van der Waals surface area contributed by atoms with Gasteiger partial charge in [-0.15, -0.1) is 0 Å². The van der Waals surface area contributed by atoms with E-state index in [4.69, 9.17) is 16.7 Å². The van der Waals surface area contributed by atoms with E-state index in [1.807, 2.05) is 24.3 Å². The lowest BCUT2D eigenvalue weighted by Crippen LogP contribution is -2.01. The normalized spacial score (nSPS) is 10.4. The van der Waals surface area contributed by atoms with E-state index in [-0.39, 0.29) is 11.6 Å². The zero-order valence-electron chi connectivity index (χ0n) is 9.66. The maximum Gasteiger partial charge on any atom is 0.164 e. The molecule has 2 aromatic carbocycles. The van der Waals surface area contributed by atoms with E-state index < -0.39 is 5.82 Å². The average molecular weight is 266 g/mol. The van der Waals surface area contributed by atoms with Gasteiger partial charge in [0.1, 0.15) is 0 Å². The summed E-state index contributed by atoms with van der Waals surface area (Å²) in [5.41, 5.74) is 2.24. The van der Waals surface area contributed by atoms with Crippen LogP contribution < -0.4 is 5.32 Å². The topological polar surface area (TPSA) is 32.3 Å². The molecule has 0 unspecified atom stereocenters. The van der Waals surface area contributed by atoms with E-state index in [1.165, 1.54) is 6.07 Å². The highest BCUT2D eigenvalue weighted by Gasteiger charge is 2.05. The molecule has 4 heteroatoms. The first kappa shape index (κ1) is 12.9. The molecule has 0 saturated heterocycles. The fraction of sp³-hybridized carbons (Fsp3) is 0.143. The molecule has 0 aliphatic carbocycles. The van der Waals surface area contributed by atoms with E-state index >= 15 is 0 Å². The van der Waals surface area contributed by atoms with E-state index in [1.54, 1.807) is 12.1 Å². The maximum atomic E-state index is 13.6. The number of benzene rings is 2. The predicted octanol–water partition coefficient (Wildman–Crippen LogP) is 3.58. The third kappa shape index (κ3) is 3.00. The third-order valence-corrected chi connectivity index (χ3v) is 2.93. The van der Waals surface area contributed by atoms with E-state index in [0.29, 0.717) is 12.2 Å². The number of hydrogen-bond donors (Lipinski definition) is 2. The van der Waals surface area contributed by atoms with Crippen LogP contribution in [0.4, 0.5) is 10.1 Å². The molecular formula is C14H13ClFNO. The fourth-order valence-corrected chi connectivity index (χ4v) is 1.77. The van der Waals surface area contributed by atoms with Crippen molar-refractivity contribution in [1.82, 2.24) is 0 Å². The predicted molar refractivity (Wildman–Crippen MR) is 71.1 cm³/mol. The number of halogens is 2. The Morgan fingerprint density at radius 1 is 1.06 bits per heavy atom. The molecule has 0 aromatic heterocycles. The lowest BCUT2D eigenvalue weighted by molar-refractivity contribution is 0.282. The van der Waals surface area contributed by atoms with Gasteiger partial charge < -0.3 is 10.4 Å². The van der Waals surface area contributed by atoms with Crippen molar-refractivity contribution >= 4 is 17.3 Å². The van der Waals surface area contributed by atoms with Crippen LogP contribution in [0.1, 0.15) is 11.1 Å². The van der Waals surface area contributed by atoms with Crippen molar-refractivity contribution in [3.63, 3.8) is 0 Å². The van der Waals surface area contributed by atoms with Gasteiger partial charge in [0, 0.05) is 6.54 Å². The molecular weight excluding hydrogens is 253 g/mol. The molecule has 0 amide bonds. The first-order chi connectivity index (χ1) is 8.70. The van der Waals surface area contributed by atoms with Crippen molar-refractivity contribution < 1.29 is 9.50 Å². The summed E-state index contributed by atoms with van der Waals surface area (Å²) in [6, 6.07) is 12.3. The summed E-state index contributed by atoms with van der Waals surface area (Å²) in [4.78, 5) is 0. The molecule has 2 N–H and O–H groups in total. The minimum atomic E-state index is -0.439. The molecule has 0 spiro atoms. The Labute approximate surface area is 110 Å². The summed E-state index contributed by atoms with van der Waals surface area (Å²) < 4.78 is 13.6.